The molecule has 0 radical (unpaired) electrons. The molecular formula is C23H36N2O3. The molecule has 0 aliphatic carbocycles. The standard InChI is InChI=1S/C23H36N2O3/c1-3-5-6-7-8-9-10-11-12-13-17-27-20-15-14-16-25-21(20)23(24)18-28-22(26)19(23)4-2/h4,14-16H,3,5-13,17-18,24H2,1-2H3. The topological polar surface area (TPSA) is 74.4 Å². The van der Waals surface area contributed by atoms with Gasteiger partial charge in [-0.1, -0.05) is 70.8 Å². The van der Waals surface area contributed by atoms with Gasteiger partial charge in [-0.15, -0.1) is 0 Å². The molecule has 0 amide bonds. The second-order valence-electron chi connectivity index (χ2n) is 7.63. The van der Waals surface area contributed by atoms with Crippen LogP contribution in [0.1, 0.15) is 83.7 Å². The Morgan fingerprint density at radius 3 is 2.43 bits per heavy atom. The SMILES string of the molecule is CC=C1C(=O)OCC1(N)c1ncccc1OCCCCCCCCCCCC. The molecule has 1 aliphatic rings. The van der Waals surface area contributed by atoms with Gasteiger partial charge in [-0.05, 0) is 25.5 Å². The molecule has 2 N–H and O–H groups in total. The van der Waals surface area contributed by atoms with E-state index in [1.54, 1.807) is 19.2 Å². The van der Waals surface area contributed by atoms with Gasteiger partial charge in [0.15, 0.2) is 0 Å². The molecule has 1 aromatic heterocycles. The summed E-state index contributed by atoms with van der Waals surface area (Å²) in [5.74, 6) is 0.259. The lowest BCUT2D eigenvalue weighted by molar-refractivity contribution is -0.135. The maximum absolute atomic E-state index is 11.9. The number of carbonyl (C=O) groups is 1. The smallest absolute Gasteiger partial charge is 0.336 e. The number of esters is 1. The van der Waals surface area contributed by atoms with Crippen LogP contribution in [0, 0.1) is 0 Å². The van der Waals surface area contributed by atoms with Crippen molar-refractivity contribution in [2.75, 3.05) is 13.2 Å². The van der Waals surface area contributed by atoms with Crippen LogP contribution in [0.25, 0.3) is 0 Å². The van der Waals surface area contributed by atoms with Crippen molar-refractivity contribution in [3.05, 3.63) is 35.7 Å². The average Bonchev–Trinajstić information content (AvgIpc) is 3.01. The minimum absolute atomic E-state index is 0.0944. The Hall–Kier alpha value is -1.88. The largest absolute Gasteiger partial charge is 0.492 e. The van der Waals surface area contributed by atoms with E-state index in [0.717, 1.165) is 6.42 Å². The van der Waals surface area contributed by atoms with Gasteiger partial charge >= 0.3 is 5.97 Å². The first-order chi connectivity index (χ1) is 13.6. The minimum atomic E-state index is -1.04. The van der Waals surface area contributed by atoms with Crippen molar-refractivity contribution in [3.63, 3.8) is 0 Å². The summed E-state index contributed by atoms with van der Waals surface area (Å²) in [5.41, 5.74) is 6.47. The van der Waals surface area contributed by atoms with Crippen LogP contribution >= 0.6 is 0 Å². The maximum Gasteiger partial charge on any atom is 0.336 e. The Bertz CT molecular complexity index is 644. The summed E-state index contributed by atoms with van der Waals surface area (Å²) in [6.07, 6.45) is 16.3. The van der Waals surface area contributed by atoms with E-state index in [-0.39, 0.29) is 12.6 Å². The second-order valence-corrected chi connectivity index (χ2v) is 7.63. The number of carbonyl (C=O) groups excluding carboxylic acids is 1. The first-order valence-electron chi connectivity index (χ1n) is 10.8. The Labute approximate surface area is 169 Å². The molecule has 0 saturated carbocycles. The van der Waals surface area contributed by atoms with Gasteiger partial charge in [0.25, 0.3) is 0 Å². The van der Waals surface area contributed by atoms with Crippen LogP contribution in [0.5, 0.6) is 5.75 Å². The Kier molecular flexibility index (Phi) is 9.48. The molecule has 1 aromatic rings. The summed E-state index contributed by atoms with van der Waals surface area (Å²) >= 11 is 0. The third kappa shape index (κ3) is 6.06. The number of aromatic nitrogens is 1. The Morgan fingerprint density at radius 2 is 1.79 bits per heavy atom. The van der Waals surface area contributed by atoms with E-state index in [2.05, 4.69) is 11.9 Å². The Morgan fingerprint density at radius 1 is 1.14 bits per heavy atom. The van der Waals surface area contributed by atoms with Crippen molar-refractivity contribution in [1.82, 2.24) is 4.98 Å². The molecule has 5 nitrogen and oxygen atoms in total. The van der Waals surface area contributed by atoms with E-state index in [9.17, 15) is 4.79 Å². The van der Waals surface area contributed by atoms with Crippen molar-refractivity contribution in [2.45, 2.75) is 83.6 Å². The highest BCUT2D eigenvalue weighted by Crippen LogP contribution is 2.37. The molecule has 156 valence electrons. The molecule has 2 rings (SSSR count). The monoisotopic (exact) mass is 388 g/mol. The number of nitrogens with zero attached hydrogens (tertiary/aromatic N) is 1. The zero-order valence-electron chi connectivity index (χ0n) is 17.5. The summed E-state index contributed by atoms with van der Waals surface area (Å²) in [6, 6.07) is 3.69. The van der Waals surface area contributed by atoms with E-state index < -0.39 is 5.54 Å². The van der Waals surface area contributed by atoms with E-state index in [1.807, 2.05) is 12.1 Å². The van der Waals surface area contributed by atoms with E-state index >= 15 is 0 Å². The van der Waals surface area contributed by atoms with Gasteiger partial charge in [0.2, 0.25) is 0 Å². The lowest BCUT2D eigenvalue weighted by Gasteiger charge is -2.23. The van der Waals surface area contributed by atoms with Crippen molar-refractivity contribution >= 4 is 5.97 Å². The first kappa shape index (κ1) is 22.4. The van der Waals surface area contributed by atoms with Gasteiger partial charge in [0.05, 0.1) is 12.2 Å². The molecule has 5 heteroatoms. The van der Waals surface area contributed by atoms with E-state index in [0.29, 0.717) is 23.6 Å². The van der Waals surface area contributed by atoms with Crippen LogP contribution in [0.4, 0.5) is 0 Å². The van der Waals surface area contributed by atoms with Crippen LogP contribution in [-0.4, -0.2) is 24.2 Å². The summed E-state index contributed by atoms with van der Waals surface area (Å²) < 4.78 is 11.1. The lowest BCUT2D eigenvalue weighted by atomic mass is 9.89. The third-order valence-corrected chi connectivity index (χ3v) is 5.37. The van der Waals surface area contributed by atoms with Crippen LogP contribution in [0.15, 0.2) is 30.0 Å². The lowest BCUT2D eigenvalue weighted by Crippen LogP contribution is -2.40. The molecule has 1 aliphatic heterocycles. The van der Waals surface area contributed by atoms with Gasteiger partial charge in [0.1, 0.15) is 23.6 Å². The number of rotatable bonds is 13. The first-order valence-corrected chi connectivity index (χ1v) is 10.8. The molecule has 1 saturated heterocycles. The highest BCUT2D eigenvalue weighted by Gasteiger charge is 2.46. The summed E-state index contributed by atoms with van der Waals surface area (Å²) in [4.78, 5) is 16.3. The van der Waals surface area contributed by atoms with E-state index in [4.69, 9.17) is 15.2 Å². The fourth-order valence-corrected chi connectivity index (χ4v) is 3.70. The number of hydrogen-bond acceptors (Lipinski definition) is 5. The molecule has 1 fully saturated rings. The molecule has 0 bridgehead atoms. The molecular weight excluding hydrogens is 352 g/mol. The molecule has 2 heterocycles. The van der Waals surface area contributed by atoms with Gasteiger partial charge in [-0.25, -0.2) is 4.79 Å². The van der Waals surface area contributed by atoms with Crippen LogP contribution in [0.2, 0.25) is 0 Å². The molecule has 0 spiro atoms. The predicted molar refractivity (Wildman–Crippen MR) is 112 cm³/mol. The fraction of sp³-hybridized carbons (Fsp3) is 0.652. The molecule has 0 aromatic carbocycles. The fourth-order valence-electron chi connectivity index (χ4n) is 3.70. The normalized spacial score (nSPS) is 20.5. The molecule has 1 atom stereocenters. The second kappa shape index (κ2) is 11.8. The van der Waals surface area contributed by atoms with Gasteiger partial charge in [0, 0.05) is 6.20 Å². The molecule has 1 unspecified atom stereocenters. The van der Waals surface area contributed by atoms with Crippen molar-refractivity contribution in [1.29, 1.82) is 0 Å². The van der Waals surface area contributed by atoms with Gasteiger partial charge in [-0.2, -0.15) is 0 Å². The highest BCUT2D eigenvalue weighted by atomic mass is 16.5. The Balaban J connectivity index is 1.74. The number of nitrogens with two attached hydrogens (primary N) is 1. The number of unbranched alkanes of at least 4 members (excludes halogenated alkanes) is 9. The van der Waals surface area contributed by atoms with Crippen molar-refractivity contribution in [2.24, 2.45) is 5.73 Å². The number of pyridine rings is 1. The van der Waals surface area contributed by atoms with Crippen LogP contribution in [0.3, 0.4) is 0 Å². The van der Waals surface area contributed by atoms with Crippen molar-refractivity contribution < 1.29 is 14.3 Å². The third-order valence-electron chi connectivity index (χ3n) is 5.37. The number of hydrogen-bond donors (Lipinski definition) is 1. The average molecular weight is 389 g/mol. The predicted octanol–water partition coefficient (Wildman–Crippen LogP) is 5.04. The van der Waals surface area contributed by atoms with Gasteiger partial charge < -0.3 is 15.2 Å². The van der Waals surface area contributed by atoms with E-state index in [1.165, 1.54) is 57.8 Å². The number of allylic oxidation sites excluding steroid dienone is 1. The van der Waals surface area contributed by atoms with Crippen LogP contribution < -0.4 is 10.5 Å². The summed E-state index contributed by atoms with van der Waals surface area (Å²) in [5, 5.41) is 0. The zero-order chi connectivity index (χ0) is 20.2. The van der Waals surface area contributed by atoms with Gasteiger partial charge in [-0.3, -0.25) is 4.98 Å². The van der Waals surface area contributed by atoms with Crippen molar-refractivity contribution in [3.8, 4) is 5.75 Å². The molecule has 28 heavy (non-hydrogen) atoms. The highest BCUT2D eigenvalue weighted by molar-refractivity contribution is 5.93. The number of cyclic esters (lactones) is 1. The minimum Gasteiger partial charge on any atom is -0.492 e. The quantitative estimate of drug-likeness (QED) is 0.291. The summed E-state index contributed by atoms with van der Waals surface area (Å²) in [7, 11) is 0. The maximum atomic E-state index is 11.9. The summed E-state index contributed by atoms with van der Waals surface area (Å²) in [6.45, 7) is 4.77. The number of ether oxygens (including phenoxy) is 2. The van der Waals surface area contributed by atoms with Crippen LogP contribution in [-0.2, 0) is 15.1 Å². The zero-order valence-corrected chi connectivity index (χ0v) is 17.5.